The van der Waals surface area contributed by atoms with E-state index >= 15 is 0 Å². The van der Waals surface area contributed by atoms with Crippen molar-refractivity contribution in [2.75, 3.05) is 7.11 Å². The second kappa shape index (κ2) is 5.17. The topological polar surface area (TPSA) is 26.3 Å². The fourth-order valence-corrected chi connectivity index (χ4v) is 1.95. The fraction of sp³-hybridized carbons (Fsp3) is 0.417. The molecular formula is C12H15ClO2. The third-order valence-corrected chi connectivity index (χ3v) is 2.67. The number of hydrogen-bond donors (Lipinski definition) is 0. The maximum Gasteiger partial charge on any atom is 0.131 e. The minimum Gasteiger partial charge on any atom is -0.497 e. The van der Waals surface area contributed by atoms with E-state index in [-0.39, 0.29) is 11.2 Å². The molecule has 0 aliphatic heterocycles. The molecule has 0 radical (unpaired) electrons. The van der Waals surface area contributed by atoms with Gasteiger partial charge in [-0.15, -0.1) is 11.6 Å². The summed E-state index contributed by atoms with van der Waals surface area (Å²) < 4.78 is 5.10. The average molecular weight is 227 g/mol. The summed E-state index contributed by atoms with van der Waals surface area (Å²) in [5.41, 5.74) is 2.04. The van der Waals surface area contributed by atoms with Crippen LogP contribution >= 0.6 is 11.6 Å². The van der Waals surface area contributed by atoms with Gasteiger partial charge in [0.05, 0.1) is 12.5 Å². The quantitative estimate of drug-likeness (QED) is 0.737. The van der Waals surface area contributed by atoms with E-state index < -0.39 is 0 Å². The Hall–Kier alpha value is -1.02. The highest BCUT2D eigenvalue weighted by Crippen LogP contribution is 2.29. The molecule has 1 rings (SSSR count). The summed E-state index contributed by atoms with van der Waals surface area (Å²) in [6.45, 7) is 3.52. The Kier molecular flexibility index (Phi) is 4.15. The molecule has 0 spiro atoms. The van der Waals surface area contributed by atoms with E-state index in [1.165, 1.54) is 0 Å². The van der Waals surface area contributed by atoms with E-state index in [0.717, 1.165) is 16.9 Å². The lowest BCUT2D eigenvalue weighted by Gasteiger charge is -2.12. The molecule has 82 valence electrons. The number of rotatable bonds is 4. The molecular weight excluding hydrogens is 212 g/mol. The van der Waals surface area contributed by atoms with Crippen molar-refractivity contribution >= 4 is 17.4 Å². The molecule has 0 saturated heterocycles. The highest BCUT2D eigenvalue weighted by molar-refractivity contribution is 6.22. The van der Waals surface area contributed by atoms with Crippen LogP contribution in [0, 0.1) is 6.92 Å². The van der Waals surface area contributed by atoms with Gasteiger partial charge in [-0.25, -0.2) is 0 Å². The van der Waals surface area contributed by atoms with Crippen molar-refractivity contribution in [3.8, 4) is 5.75 Å². The molecule has 1 atom stereocenters. The molecule has 0 aliphatic carbocycles. The van der Waals surface area contributed by atoms with Crippen molar-refractivity contribution in [2.24, 2.45) is 0 Å². The van der Waals surface area contributed by atoms with Crippen molar-refractivity contribution < 1.29 is 9.53 Å². The van der Waals surface area contributed by atoms with E-state index in [0.29, 0.717) is 6.42 Å². The first kappa shape index (κ1) is 12.1. The zero-order chi connectivity index (χ0) is 11.4. The molecule has 3 heteroatoms. The van der Waals surface area contributed by atoms with Gasteiger partial charge < -0.3 is 4.74 Å². The van der Waals surface area contributed by atoms with Crippen LogP contribution in [0.4, 0.5) is 0 Å². The summed E-state index contributed by atoms with van der Waals surface area (Å²) in [5.74, 6) is 0.910. The van der Waals surface area contributed by atoms with Crippen molar-refractivity contribution in [1.29, 1.82) is 0 Å². The monoisotopic (exact) mass is 226 g/mol. The molecule has 0 amide bonds. The van der Waals surface area contributed by atoms with Crippen LogP contribution in [0.1, 0.15) is 29.8 Å². The molecule has 0 saturated carbocycles. The second-order valence-corrected chi connectivity index (χ2v) is 4.12. The Morgan fingerprint density at radius 3 is 2.67 bits per heavy atom. The van der Waals surface area contributed by atoms with Gasteiger partial charge in [-0.1, -0.05) is 6.07 Å². The molecule has 0 heterocycles. The first-order valence-corrected chi connectivity index (χ1v) is 5.26. The van der Waals surface area contributed by atoms with Crippen LogP contribution in [0.2, 0.25) is 0 Å². The standard InChI is InChI=1S/C12H15ClO2/c1-8-6-10(15-3)4-5-11(8)12(13)7-9(2)14/h4-6,12H,7H2,1-3H3. The summed E-state index contributed by atoms with van der Waals surface area (Å²) >= 11 is 6.14. The van der Waals surface area contributed by atoms with Crippen molar-refractivity contribution in [3.05, 3.63) is 29.3 Å². The van der Waals surface area contributed by atoms with E-state index in [4.69, 9.17) is 16.3 Å². The SMILES string of the molecule is COc1ccc(C(Cl)CC(C)=O)c(C)c1. The minimum absolute atomic E-state index is 0.102. The van der Waals surface area contributed by atoms with Crippen LogP contribution in [0.5, 0.6) is 5.75 Å². The van der Waals surface area contributed by atoms with Gasteiger partial charge in [0, 0.05) is 6.42 Å². The van der Waals surface area contributed by atoms with Crippen LogP contribution in [-0.2, 0) is 4.79 Å². The number of methoxy groups -OCH3 is 1. The molecule has 0 aromatic heterocycles. The fourth-order valence-electron chi connectivity index (χ4n) is 1.49. The lowest BCUT2D eigenvalue weighted by atomic mass is 10.0. The third kappa shape index (κ3) is 3.24. The number of carbonyl (C=O) groups excluding carboxylic acids is 1. The number of ketones is 1. The smallest absolute Gasteiger partial charge is 0.131 e. The summed E-state index contributed by atoms with van der Waals surface area (Å²) in [4.78, 5) is 11.0. The van der Waals surface area contributed by atoms with E-state index in [9.17, 15) is 4.79 Å². The maximum atomic E-state index is 11.0. The number of ether oxygens (including phenoxy) is 1. The number of Topliss-reactive ketones (excluding diaryl/α,β-unsaturated/α-hetero) is 1. The third-order valence-electron chi connectivity index (χ3n) is 2.28. The molecule has 1 aromatic rings. The van der Waals surface area contributed by atoms with E-state index in [2.05, 4.69) is 0 Å². The van der Waals surface area contributed by atoms with Crippen molar-refractivity contribution in [1.82, 2.24) is 0 Å². The van der Waals surface area contributed by atoms with Crippen LogP contribution in [0.3, 0.4) is 0 Å². The molecule has 0 N–H and O–H groups in total. The summed E-state index contributed by atoms with van der Waals surface area (Å²) in [6, 6.07) is 5.69. The lowest BCUT2D eigenvalue weighted by molar-refractivity contribution is -0.117. The Labute approximate surface area is 95.2 Å². The Morgan fingerprint density at radius 1 is 1.53 bits per heavy atom. The highest BCUT2D eigenvalue weighted by atomic mass is 35.5. The highest BCUT2D eigenvalue weighted by Gasteiger charge is 2.13. The molecule has 1 unspecified atom stereocenters. The van der Waals surface area contributed by atoms with Gasteiger partial charge in [-0.05, 0) is 37.1 Å². The van der Waals surface area contributed by atoms with Crippen LogP contribution in [0.15, 0.2) is 18.2 Å². The number of carbonyl (C=O) groups is 1. The molecule has 15 heavy (non-hydrogen) atoms. The van der Waals surface area contributed by atoms with Crippen molar-refractivity contribution in [3.63, 3.8) is 0 Å². The number of aryl methyl sites for hydroxylation is 1. The van der Waals surface area contributed by atoms with E-state index in [1.807, 2.05) is 25.1 Å². The zero-order valence-electron chi connectivity index (χ0n) is 9.21. The second-order valence-electron chi connectivity index (χ2n) is 3.60. The zero-order valence-corrected chi connectivity index (χ0v) is 9.97. The van der Waals surface area contributed by atoms with Gasteiger partial charge in [-0.2, -0.15) is 0 Å². The predicted molar refractivity (Wildman–Crippen MR) is 61.6 cm³/mol. The maximum absolute atomic E-state index is 11.0. The Balaban J connectivity index is 2.90. The Morgan fingerprint density at radius 2 is 2.20 bits per heavy atom. The summed E-state index contributed by atoms with van der Waals surface area (Å²) in [6.07, 6.45) is 0.370. The van der Waals surface area contributed by atoms with Gasteiger partial charge in [0.25, 0.3) is 0 Å². The number of benzene rings is 1. The van der Waals surface area contributed by atoms with Crippen LogP contribution in [-0.4, -0.2) is 12.9 Å². The number of alkyl halides is 1. The Bertz CT molecular complexity index is 361. The first-order chi connectivity index (χ1) is 7.04. The molecule has 0 bridgehead atoms. The summed E-state index contributed by atoms with van der Waals surface area (Å²) in [5, 5.41) is -0.242. The van der Waals surface area contributed by atoms with Gasteiger partial charge >= 0.3 is 0 Å². The molecule has 2 nitrogen and oxygen atoms in total. The van der Waals surface area contributed by atoms with Gasteiger partial charge in [0.2, 0.25) is 0 Å². The minimum atomic E-state index is -0.242. The van der Waals surface area contributed by atoms with Gasteiger partial charge in [0.1, 0.15) is 11.5 Å². The van der Waals surface area contributed by atoms with Gasteiger partial charge in [-0.3, -0.25) is 4.79 Å². The van der Waals surface area contributed by atoms with Crippen molar-refractivity contribution in [2.45, 2.75) is 25.6 Å². The number of halogens is 1. The largest absolute Gasteiger partial charge is 0.497 e. The van der Waals surface area contributed by atoms with Crippen LogP contribution < -0.4 is 4.74 Å². The van der Waals surface area contributed by atoms with E-state index in [1.54, 1.807) is 14.0 Å². The lowest BCUT2D eigenvalue weighted by Crippen LogP contribution is -2.00. The van der Waals surface area contributed by atoms with Gasteiger partial charge in [0.15, 0.2) is 0 Å². The van der Waals surface area contributed by atoms with Crippen LogP contribution in [0.25, 0.3) is 0 Å². The number of hydrogen-bond acceptors (Lipinski definition) is 2. The predicted octanol–water partition coefficient (Wildman–Crippen LogP) is 3.26. The normalized spacial score (nSPS) is 12.3. The molecule has 0 fully saturated rings. The summed E-state index contributed by atoms with van der Waals surface area (Å²) in [7, 11) is 1.63. The molecule has 1 aromatic carbocycles. The molecule has 0 aliphatic rings. The average Bonchev–Trinajstić information content (AvgIpc) is 2.16. The first-order valence-electron chi connectivity index (χ1n) is 4.82.